The number of rotatable bonds is 4. The van der Waals surface area contributed by atoms with E-state index in [-0.39, 0.29) is 17.4 Å². The fourth-order valence-corrected chi connectivity index (χ4v) is 3.60. The van der Waals surface area contributed by atoms with Gasteiger partial charge in [0, 0.05) is 4.88 Å². The number of hydrogen-bond acceptors (Lipinski definition) is 7. The van der Waals surface area contributed by atoms with E-state index >= 15 is 0 Å². The van der Waals surface area contributed by atoms with Crippen LogP contribution in [0.5, 0.6) is 11.6 Å². The van der Waals surface area contributed by atoms with Crippen LogP contribution in [0.3, 0.4) is 0 Å². The second-order valence-corrected chi connectivity index (χ2v) is 6.49. The fraction of sp³-hybridized carbons (Fsp3) is 0.0556. The van der Waals surface area contributed by atoms with Gasteiger partial charge in [-0.25, -0.2) is 4.98 Å². The van der Waals surface area contributed by atoms with Crippen molar-refractivity contribution in [3.05, 3.63) is 70.7 Å². The zero-order valence-corrected chi connectivity index (χ0v) is 14.4. The molecule has 0 bridgehead atoms. The van der Waals surface area contributed by atoms with Crippen LogP contribution in [-0.2, 0) is 0 Å². The van der Waals surface area contributed by atoms with Crippen molar-refractivity contribution in [2.45, 2.75) is 6.92 Å². The summed E-state index contributed by atoms with van der Waals surface area (Å²) in [7, 11) is 0. The van der Waals surface area contributed by atoms with Crippen LogP contribution in [0, 0.1) is 17.0 Å². The molecule has 4 rings (SSSR count). The third kappa shape index (κ3) is 2.98. The number of aryl methyl sites for hydroxylation is 1. The first-order chi connectivity index (χ1) is 12.6. The Bertz CT molecular complexity index is 1110. The Labute approximate surface area is 152 Å². The van der Waals surface area contributed by atoms with Gasteiger partial charge in [-0.2, -0.15) is 4.98 Å². The van der Waals surface area contributed by atoms with Crippen molar-refractivity contribution in [3.63, 3.8) is 0 Å². The van der Waals surface area contributed by atoms with Crippen molar-refractivity contribution in [1.29, 1.82) is 0 Å². The molecule has 0 atom stereocenters. The lowest BCUT2D eigenvalue weighted by molar-refractivity contribution is -0.390. The molecule has 0 saturated carbocycles. The number of ether oxygens (including phenoxy) is 1. The number of pyridine rings is 1. The van der Waals surface area contributed by atoms with Gasteiger partial charge in [-0.3, -0.25) is 0 Å². The molecule has 0 unspecified atom stereocenters. The van der Waals surface area contributed by atoms with Crippen molar-refractivity contribution < 1.29 is 9.66 Å². The standard InChI is InChI=1S/C18H12N4O3S/c1-11-20-17(25-14-8-5-9-19-16(14)22(23)24)13-10-15(26-18(13)21-11)12-6-3-2-4-7-12/h2-10H,1H3. The average molecular weight is 364 g/mol. The van der Waals surface area contributed by atoms with Crippen molar-refractivity contribution in [3.8, 4) is 22.1 Å². The van der Waals surface area contributed by atoms with Crippen LogP contribution in [0.25, 0.3) is 20.7 Å². The van der Waals surface area contributed by atoms with E-state index in [1.165, 1.54) is 23.6 Å². The summed E-state index contributed by atoms with van der Waals surface area (Å²) >= 11 is 1.52. The first-order valence-corrected chi connectivity index (χ1v) is 8.54. The summed E-state index contributed by atoms with van der Waals surface area (Å²) in [5.74, 6) is 0.502. The van der Waals surface area contributed by atoms with E-state index in [1.807, 2.05) is 36.4 Å². The Hall–Kier alpha value is -3.39. The predicted octanol–water partition coefficient (Wildman–Crippen LogP) is 4.76. The maximum atomic E-state index is 11.2. The lowest BCUT2D eigenvalue weighted by Crippen LogP contribution is -1.98. The summed E-state index contributed by atoms with van der Waals surface area (Å²) in [5.41, 5.74) is 1.06. The van der Waals surface area contributed by atoms with Crippen LogP contribution in [0.15, 0.2) is 54.7 Å². The van der Waals surface area contributed by atoms with E-state index in [9.17, 15) is 10.1 Å². The zero-order chi connectivity index (χ0) is 18.1. The maximum Gasteiger partial charge on any atom is 0.406 e. The van der Waals surface area contributed by atoms with Gasteiger partial charge in [0.15, 0.2) is 0 Å². The number of benzene rings is 1. The minimum Gasteiger partial charge on any atom is -0.429 e. The topological polar surface area (TPSA) is 91.0 Å². The highest BCUT2D eigenvalue weighted by molar-refractivity contribution is 7.21. The first kappa shape index (κ1) is 16.1. The summed E-state index contributed by atoms with van der Waals surface area (Å²) in [6.07, 6.45) is 1.35. The van der Waals surface area contributed by atoms with Gasteiger partial charge >= 0.3 is 5.82 Å². The van der Waals surface area contributed by atoms with Crippen LogP contribution in [0.2, 0.25) is 0 Å². The highest BCUT2D eigenvalue weighted by Crippen LogP contribution is 2.38. The molecule has 0 saturated heterocycles. The maximum absolute atomic E-state index is 11.2. The van der Waals surface area contributed by atoms with E-state index in [4.69, 9.17) is 4.74 Å². The Balaban J connectivity index is 1.83. The average Bonchev–Trinajstić information content (AvgIpc) is 3.07. The Morgan fingerprint density at radius 1 is 1.12 bits per heavy atom. The van der Waals surface area contributed by atoms with E-state index in [1.54, 1.807) is 13.0 Å². The van der Waals surface area contributed by atoms with Crippen molar-refractivity contribution in [1.82, 2.24) is 15.0 Å². The highest BCUT2D eigenvalue weighted by Gasteiger charge is 2.20. The number of aromatic nitrogens is 3. The van der Waals surface area contributed by atoms with Crippen LogP contribution in [0.1, 0.15) is 5.82 Å². The Kier molecular flexibility index (Phi) is 4.02. The minimum atomic E-state index is -0.580. The molecule has 3 aromatic heterocycles. The molecule has 26 heavy (non-hydrogen) atoms. The van der Waals surface area contributed by atoms with Crippen LogP contribution in [-0.4, -0.2) is 19.9 Å². The summed E-state index contributed by atoms with van der Waals surface area (Å²) in [5, 5.41) is 11.9. The Morgan fingerprint density at radius 3 is 2.69 bits per heavy atom. The number of thiophene rings is 1. The molecule has 3 heterocycles. The number of nitrogens with zero attached hydrogens (tertiary/aromatic N) is 4. The fourth-order valence-electron chi connectivity index (χ4n) is 2.52. The SMILES string of the molecule is Cc1nc(Oc2cccnc2[N+](=O)[O-])c2cc(-c3ccccc3)sc2n1. The second kappa shape index (κ2) is 6.49. The number of fused-ring (bicyclic) bond motifs is 1. The van der Waals surface area contributed by atoms with Gasteiger partial charge in [-0.15, -0.1) is 11.3 Å². The van der Waals surface area contributed by atoms with E-state index in [2.05, 4.69) is 15.0 Å². The highest BCUT2D eigenvalue weighted by atomic mass is 32.1. The van der Waals surface area contributed by atoms with Gasteiger partial charge in [-0.1, -0.05) is 30.3 Å². The van der Waals surface area contributed by atoms with Crippen LogP contribution >= 0.6 is 11.3 Å². The Morgan fingerprint density at radius 2 is 1.92 bits per heavy atom. The molecule has 7 nitrogen and oxygen atoms in total. The summed E-state index contributed by atoms with van der Waals surface area (Å²) < 4.78 is 5.77. The van der Waals surface area contributed by atoms with Gasteiger partial charge < -0.3 is 14.9 Å². The normalized spacial score (nSPS) is 10.8. The smallest absolute Gasteiger partial charge is 0.406 e. The molecule has 0 radical (unpaired) electrons. The zero-order valence-electron chi connectivity index (χ0n) is 13.6. The van der Waals surface area contributed by atoms with Crippen molar-refractivity contribution >= 4 is 27.4 Å². The molecule has 4 aromatic rings. The molecule has 128 valence electrons. The largest absolute Gasteiger partial charge is 0.429 e. The lowest BCUT2D eigenvalue weighted by atomic mass is 10.2. The molecule has 8 heteroatoms. The monoisotopic (exact) mass is 364 g/mol. The molecule has 1 aromatic carbocycles. The molecule has 0 aliphatic rings. The number of nitro groups is 1. The van der Waals surface area contributed by atoms with Gasteiger partial charge in [0.05, 0.1) is 5.39 Å². The third-order valence-corrected chi connectivity index (χ3v) is 4.74. The van der Waals surface area contributed by atoms with Gasteiger partial charge in [0.1, 0.15) is 16.9 Å². The summed E-state index contributed by atoms with van der Waals surface area (Å²) in [6, 6.07) is 14.9. The van der Waals surface area contributed by atoms with Crippen molar-refractivity contribution in [2.24, 2.45) is 0 Å². The lowest BCUT2D eigenvalue weighted by Gasteiger charge is -2.06. The molecule has 0 aliphatic carbocycles. The molecule has 0 aliphatic heterocycles. The summed E-state index contributed by atoms with van der Waals surface area (Å²) in [6.45, 7) is 1.76. The molecule has 0 fully saturated rings. The quantitative estimate of drug-likeness (QED) is 0.383. The van der Waals surface area contributed by atoms with Crippen LogP contribution in [0.4, 0.5) is 5.82 Å². The summed E-state index contributed by atoms with van der Waals surface area (Å²) in [4.78, 5) is 24.9. The van der Waals surface area contributed by atoms with Gasteiger partial charge in [0.2, 0.25) is 11.6 Å². The molecule has 0 spiro atoms. The molecule has 0 amide bonds. The predicted molar refractivity (Wildman–Crippen MR) is 98.6 cm³/mol. The second-order valence-electron chi connectivity index (χ2n) is 5.46. The van der Waals surface area contributed by atoms with Gasteiger partial charge in [-0.05, 0) is 40.6 Å². The number of hydrogen-bond donors (Lipinski definition) is 0. The van der Waals surface area contributed by atoms with E-state index in [0.29, 0.717) is 11.2 Å². The molecular formula is C18H12N4O3S. The van der Waals surface area contributed by atoms with Gasteiger partial charge in [0.25, 0.3) is 0 Å². The van der Waals surface area contributed by atoms with Crippen LogP contribution < -0.4 is 4.74 Å². The van der Waals surface area contributed by atoms with Crippen molar-refractivity contribution in [2.75, 3.05) is 0 Å². The molecule has 0 N–H and O–H groups in total. The third-order valence-electron chi connectivity index (χ3n) is 3.66. The van der Waals surface area contributed by atoms with E-state index < -0.39 is 4.92 Å². The minimum absolute atomic E-state index is 0.0457. The first-order valence-electron chi connectivity index (χ1n) is 7.72. The molecular weight excluding hydrogens is 352 g/mol. The van der Waals surface area contributed by atoms with E-state index in [0.717, 1.165) is 15.3 Å².